The molecule has 0 bridgehead atoms. The van der Waals surface area contributed by atoms with E-state index in [-0.39, 0.29) is 18.3 Å². The molecule has 0 saturated heterocycles. The van der Waals surface area contributed by atoms with Gasteiger partial charge in [0.15, 0.2) is 6.10 Å². The summed E-state index contributed by atoms with van der Waals surface area (Å²) >= 11 is 0. The highest BCUT2D eigenvalue weighted by Crippen LogP contribution is 2.18. The van der Waals surface area contributed by atoms with Crippen LogP contribution < -0.4 is 15.4 Å². The molecule has 1 heterocycles. The minimum absolute atomic E-state index is 0. The molecule has 1 aliphatic rings. The predicted molar refractivity (Wildman–Crippen MR) is 91.7 cm³/mol. The molecule has 1 aromatic carbocycles. The molecule has 122 valence electrons. The van der Waals surface area contributed by atoms with Crippen molar-refractivity contribution < 1.29 is 9.53 Å². The Morgan fingerprint density at radius 2 is 2.18 bits per heavy atom. The van der Waals surface area contributed by atoms with Crippen molar-refractivity contribution in [3.63, 3.8) is 0 Å². The zero-order valence-corrected chi connectivity index (χ0v) is 14.0. The smallest absolute Gasteiger partial charge is 0.261 e. The van der Waals surface area contributed by atoms with Crippen LogP contribution in [0.15, 0.2) is 35.9 Å². The summed E-state index contributed by atoms with van der Waals surface area (Å²) in [5.41, 5.74) is 2.33. The van der Waals surface area contributed by atoms with Crippen molar-refractivity contribution >= 4 is 18.3 Å². The molecule has 5 heteroatoms. The van der Waals surface area contributed by atoms with Crippen LogP contribution in [0, 0.1) is 6.92 Å². The van der Waals surface area contributed by atoms with Crippen molar-refractivity contribution in [1.82, 2.24) is 10.6 Å². The first-order chi connectivity index (χ1) is 10.2. The average molecular weight is 325 g/mol. The Morgan fingerprint density at radius 1 is 1.41 bits per heavy atom. The van der Waals surface area contributed by atoms with Crippen molar-refractivity contribution in [2.45, 2.75) is 32.8 Å². The summed E-state index contributed by atoms with van der Waals surface area (Å²) in [6.45, 7) is 6.45. The lowest BCUT2D eigenvalue weighted by atomic mass is 10.1. The number of hydrogen-bond donors (Lipinski definition) is 2. The Hall–Kier alpha value is -1.52. The second kappa shape index (κ2) is 9.49. The van der Waals surface area contributed by atoms with Gasteiger partial charge in [0, 0.05) is 13.1 Å². The Bertz CT molecular complexity index is 517. The number of benzene rings is 1. The van der Waals surface area contributed by atoms with E-state index in [0.717, 1.165) is 30.8 Å². The number of hydrogen-bond acceptors (Lipinski definition) is 3. The van der Waals surface area contributed by atoms with Gasteiger partial charge < -0.3 is 15.4 Å². The monoisotopic (exact) mass is 324 g/mol. The fraction of sp³-hybridized carbons (Fsp3) is 0.471. The zero-order chi connectivity index (χ0) is 15.1. The van der Waals surface area contributed by atoms with Gasteiger partial charge >= 0.3 is 0 Å². The summed E-state index contributed by atoms with van der Waals surface area (Å²) in [5.74, 6) is 0.737. The zero-order valence-electron chi connectivity index (χ0n) is 13.2. The van der Waals surface area contributed by atoms with E-state index < -0.39 is 6.10 Å². The molecule has 0 aliphatic carbocycles. The van der Waals surface area contributed by atoms with Crippen molar-refractivity contribution in [2.24, 2.45) is 0 Å². The van der Waals surface area contributed by atoms with Gasteiger partial charge in [0.25, 0.3) is 5.91 Å². The molecule has 1 aliphatic heterocycles. The van der Waals surface area contributed by atoms with E-state index in [9.17, 15) is 4.79 Å². The van der Waals surface area contributed by atoms with E-state index in [1.54, 1.807) is 0 Å². The number of halogens is 1. The third-order valence-corrected chi connectivity index (χ3v) is 3.67. The number of carbonyl (C=O) groups excluding carboxylic acids is 1. The van der Waals surface area contributed by atoms with Crippen molar-refractivity contribution in [2.75, 3.05) is 19.6 Å². The maximum absolute atomic E-state index is 12.3. The summed E-state index contributed by atoms with van der Waals surface area (Å²) < 4.78 is 5.85. The summed E-state index contributed by atoms with van der Waals surface area (Å²) in [6, 6.07) is 7.78. The maximum atomic E-state index is 12.3. The molecule has 4 nitrogen and oxygen atoms in total. The van der Waals surface area contributed by atoms with Gasteiger partial charge in [-0.05, 0) is 37.9 Å². The summed E-state index contributed by atoms with van der Waals surface area (Å²) in [4.78, 5) is 12.3. The quantitative estimate of drug-likeness (QED) is 0.791. The van der Waals surface area contributed by atoms with Crippen LogP contribution in [0.5, 0.6) is 5.75 Å². The van der Waals surface area contributed by atoms with Gasteiger partial charge in [-0.3, -0.25) is 4.79 Å². The molecule has 1 unspecified atom stereocenters. The fourth-order valence-electron chi connectivity index (χ4n) is 2.31. The van der Waals surface area contributed by atoms with E-state index in [4.69, 9.17) is 4.74 Å². The highest BCUT2D eigenvalue weighted by Gasteiger charge is 2.19. The van der Waals surface area contributed by atoms with E-state index >= 15 is 0 Å². The van der Waals surface area contributed by atoms with Crippen molar-refractivity contribution in [1.29, 1.82) is 0 Å². The van der Waals surface area contributed by atoms with Crippen LogP contribution in [-0.2, 0) is 4.79 Å². The minimum Gasteiger partial charge on any atom is -0.480 e. The fourth-order valence-corrected chi connectivity index (χ4v) is 2.31. The first-order valence-electron chi connectivity index (χ1n) is 7.59. The molecule has 0 radical (unpaired) electrons. The summed E-state index contributed by atoms with van der Waals surface area (Å²) in [6.07, 6.45) is 3.36. The van der Waals surface area contributed by atoms with Gasteiger partial charge in [-0.1, -0.05) is 36.8 Å². The topological polar surface area (TPSA) is 50.4 Å². The first kappa shape index (κ1) is 18.5. The van der Waals surface area contributed by atoms with E-state index in [2.05, 4.69) is 16.7 Å². The van der Waals surface area contributed by atoms with Crippen LogP contribution in [-0.4, -0.2) is 31.6 Å². The lowest BCUT2D eigenvalue weighted by molar-refractivity contribution is -0.127. The van der Waals surface area contributed by atoms with Crippen LogP contribution in [0.1, 0.15) is 25.3 Å². The number of rotatable bonds is 6. The number of carbonyl (C=O) groups is 1. The number of para-hydroxylation sites is 1. The van der Waals surface area contributed by atoms with Gasteiger partial charge in [0.05, 0.1) is 0 Å². The van der Waals surface area contributed by atoms with Crippen LogP contribution in [0.3, 0.4) is 0 Å². The molecular weight excluding hydrogens is 300 g/mol. The lowest BCUT2D eigenvalue weighted by Crippen LogP contribution is -2.39. The highest BCUT2D eigenvalue weighted by atomic mass is 35.5. The molecule has 1 amide bonds. The Kier molecular flexibility index (Phi) is 7.99. The lowest BCUT2D eigenvalue weighted by Gasteiger charge is -2.20. The Balaban J connectivity index is 0.00000242. The number of ether oxygens (including phenoxy) is 1. The molecule has 0 spiro atoms. The van der Waals surface area contributed by atoms with Crippen molar-refractivity contribution in [3.05, 3.63) is 41.5 Å². The molecule has 0 saturated carbocycles. The van der Waals surface area contributed by atoms with Crippen LogP contribution in [0.25, 0.3) is 0 Å². The number of nitrogens with one attached hydrogen (secondary N) is 2. The average Bonchev–Trinajstić information content (AvgIpc) is 2.53. The molecule has 1 aromatic rings. The molecule has 0 fully saturated rings. The summed E-state index contributed by atoms with van der Waals surface area (Å²) in [7, 11) is 0. The van der Waals surface area contributed by atoms with Gasteiger partial charge in [-0.2, -0.15) is 0 Å². The molecule has 2 N–H and O–H groups in total. The van der Waals surface area contributed by atoms with E-state index in [0.29, 0.717) is 13.0 Å². The SMILES string of the molecule is CCC(Oc1ccccc1C)C(=O)NCC1=CCNCC1.Cl. The Labute approximate surface area is 138 Å². The van der Waals surface area contributed by atoms with Crippen LogP contribution >= 0.6 is 12.4 Å². The third-order valence-electron chi connectivity index (χ3n) is 3.67. The minimum atomic E-state index is -0.437. The van der Waals surface area contributed by atoms with Gasteiger partial charge in [-0.25, -0.2) is 0 Å². The predicted octanol–water partition coefficient (Wildman–Crippen LogP) is 2.61. The molecule has 0 aromatic heterocycles. The van der Waals surface area contributed by atoms with Gasteiger partial charge in [0.1, 0.15) is 5.75 Å². The van der Waals surface area contributed by atoms with Crippen LogP contribution in [0.4, 0.5) is 0 Å². The van der Waals surface area contributed by atoms with Crippen molar-refractivity contribution in [3.8, 4) is 5.75 Å². The van der Waals surface area contributed by atoms with Crippen LogP contribution in [0.2, 0.25) is 0 Å². The second-order valence-electron chi connectivity index (χ2n) is 5.31. The molecule has 1 atom stereocenters. The third kappa shape index (κ3) is 5.35. The molecular formula is C17H25ClN2O2. The number of amides is 1. The van der Waals surface area contributed by atoms with E-state index in [1.165, 1.54) is 5.57 Å². The summed E-state index contributed by atoms with van der Waals surface area (Å²) in [5, 5.41) is 6.24. The standard InChI is InChI=1S/C17H24N2O2.ClH/c1-3-15(21-16-7-5-4-6-13(16)2)17(20)19-12-14-8-10-18-11-9-14;/h4-8,15,18H,3,9-12H2,1-2H3,(H,19,20);1H. The number of aryl methyl sites for hydroxylation is 1. The van der Waals surface area contributed by atoms with Gasteiger partial charge in [-0.15, -0.1) is 12.4 Å². The Morgan fingerprint density at radius 3 is 2.82 bits per heavy atom. The molecule has 2 rings (SSSR count). The maximum Gasteiger partial charge on any atom is 0.261 e. The highest BCUT2D eigenvalue weighted by molar-refractivity contribution is 5.85. The first-order valence-corrected chi connectivity index (χ1v) is 7.59. The normalized spacial score (nSPS) is 15.3. The largest absolute Gasteiger partial charge is 0.480 e. The van der Waals surface area contributed by atoms with Gasteiger partial charge in [0.2, 0.25) is 0 Å². The van der Waals surface area contributed by atoms with E-state index in [1.807, 2.05) is 38.1 Å². The second-order valence-corrected chi connectivity index (χ2v) is 5.31. The molecule has 22 heavy (non-hydrogen) atoms.